The van der Waals surface area contributed by atoms with Crippen LogP contribution in [0.15, 0.2) is 28.9 Å². The van der Waals surface area contributed by atoms with Gasteiger partial charge in [0.1, 0.15) is 0 Å². The normalized spacial score (nSPS) is 15.9. The molecule has 2 aromatic rings. The molecule has 0 unspecified atom stereocenters. The number of rotatable bonds is 4. The van der Waals surface area contributed by atoms with Crippen molar-refractivity contribution in [2.45, 2.75) is 23.1 Å². The molecule has 0 bridgehead atoms. The zero-order valence-electron chi connectivity index (χ0n) is 12.0. The molecule has 3 heterocycles. The number of nitrogens with two attached hydrogens (primary N) is 1. The summed E-state index contributed by atoms with van der Waals surface area (Å²) < 4.78 is 0.748. The smallest absolute Gasteiger partial charge is 0.233 e. The Labute approximate surface area is 137 Å². The molecule has 116 valence electrons. The molecule has 1 aliphatic heterocycles. The van der Waals surface area contributed by atoms with Crippen LogP contribution in [0, 0.1) is 0 Å². The van der Waals surface area contributed by atoms with Crippen molar-refractivity contribution in [2.75, 3.05) is 24.6 Å². The Morgan fingerprint density at radius 1 is 1.32 bits per heavy atom. The Morgan fingerprint density at radius 3 is 2.68 bits per heavy atom. The molecule has 0 saturated carbocycles. The van der Waals surface area contributed by atoms with Crippen LogP contribution in [0.25, 0.3) is 0 Å². The van der Waals surface area contributed by atoms with Crippen LogP contribution in [-0.4, -0.2) is 44.8 Å². The van der Waals surface area contributed by atoms with Crippen molar-refractivity contribution in [3.63, 3.8) is 0 Å². The standard InChI is InChI=1S/C14H17N5OS2/c15-13-17-18-14(22-13)21-9-12(20)19-7-3-11(4-8-19)10-1-5-16-6-2-10/h1-2,5-6,11H,3-4,7-9H2,(H2,15,17). The van der Waals surface area contributed by atoms with Crippen LogP contribution >= 0.6 is 23.1 Å². The lowest BCUT2D eigenvalue weighted by molar-refractivity contribution is -0.129. The average molecular weight is 335 g/mol. The van der Waals surface area contributed by atoms with Crippen molar-refractivity contribution < 1.29 is 4.79 Å². The molecule has 2 N–H and O–H groups in total. The average Bonchev–Trinajstić information content (AvgIpc) is 2.99. The number of pyridine rings is 1. The van der Waals surface area contributed by atoms with Crippen molar-refractivity contribution in [1.29, 1.82) is 0 Å². The van der Waals surface area contributed by atoms with Crippen LogP contribution in [-0.2, 0) is 4.79 Å². The van der Waals surface area contributed by atoms with Gasteiger partial charge in [0.2, 0.25) is 11.0 Å². The minimum Gasteiger partial charge on any atom is -0.374 e. The molecule has 0 atom stereocenters. The molecule has 1 saturated heterocycles. The van der Waals surface area contributed by atoms with Gasteiger partial charge >= 0.3 is 0 Å². The number of thioether (sulfide) groups is 1. The van der Waals surface area contributed by atoms with E-state index in [1.807, 2.05) is 17.3 Å². The van der Waals surface area contributed by atoms with E-state index in [2.05, 4.69) is 27.3 Å². The highest BCUT2D eigenvalue weighted by atomic mass is 32.2. The highest BCUT2D eigenvalue weighted by Gasteiger charge is 2.23. The maximum absolute atomic E-state index is 12.2. The van der Waals surface area contributed by atoms with Gasteiger partial charge in [-0.1, -0.05) is 23.1 Å². The summed E-state index contributed by atoms with van der Waals surface area (Å²) in [4.78, 5) is 18.2. The van der Waals surface area contributed by atoms with Crippen molar-refractivity contribution in [1.82, 2.24) is 20.1 Å². The van der Waals surface area contributed by atoms with E-state index < -0.39 is 0 Å². The first kappa shape index (κ1) is 15.2. The maximum atomic E-state index is 12.2. The van der Waals surface area contributed by atoms with Crippen LogP contribution in [0.2, 0.25) is 0 Å². The molecule has 0 spiro atoms. The molecular formula is C14H17N5OS2. The Hall–Kier alpha value is -1.67. The second kappa shape index (κ2) is 7.06. The summed E-state index contributed by atoms with van der Waals surface area (Å²) in [5.74, 6) is 1.09. The quantitative estimate of drug-likeness (QED) is 0.860. The lowest BCUT2D eigenvalue weighted by Gasteiger charge is -2.32. The molecule has 1 amide bonds. The van der Waals surface area contributed by atoms with E-state index >= 15 is 0 Å². The lowest BCUT2D eigenvalue weighted by atomic mass is 9.90. The Kier molecular flexibility index (Phi) is 4.89. The molecule has 3 rings (SSSR count). The van der Waals surface area contributed by atoms with Gasteiger partial charge < -0.3 is 10.6 Å². The van der Waals surface area contributed by atoms with Crippen molar-refractivity contribution in [3.05, 3.63) is 30.1 Å². The number of hydrogen-bond acceptors (Lipinski definition) is 7. The summed E-state index contributed by atoms with van der Waals surface area (Å²) in [5.41, 5.74) is 6.85. The van der Waals surface area contributed by atoms with Crippen LogP contribution < -0.4 is 5.73 Å². The molecule has 8 heteroatoms. The monoisotopic (exact) mass is 335 g/mol. The first-order chi connectivity index (χ1) is 10.7. The third kappa shape index (κ3) is 3.75. The van der Waals surface area contributed by atoms with E-state index in [0.29, 0.717) is 16.8 Å². The number of aromatic nitrogens is 3. The number of carbonyl (C=O) groups is 1. The van der Waals surface area contributed by atoms with Crippen LogP contribution in [0.5, 0.6) is 0 Å². The molecule has 0 radical (unpaired) electrons. The summed E-state index contributed by atoms with van der Waals surface area (Å²) in [5, 5.41) is 8.10. The number of anilines is 1. The van der Waals surface area contributed by atoms with Gasteiger partial charge in [-0.05, 0) is 36.5 Å². The van der Waals surface area contributed by atoms with Crippen LogP contribution in [0.4, 0.5) is 5.13 Å². The molecule has 1 aliphatic rings. The van der Waals surface area contributed by atoms with Crippen molar-refractivity contribution in [3.8, 4) is 0 Å². The molecule has 0 aromatic carbocycles. The Morgan fingerprint density at radius 2 is 2.05 bits per heavy atom. The second-order valence-electron chi connectivity index (χ2n) is 5.13. The largest absolute Gasteiger partial charge is 0.374 e. The summed E-state index contributed by atoms with van der Waals surface area (Å²) in [6, 6.07) is 4.13. The number of carbonyl (C=O) groups excluding carboxylic acids is 1. The van der Waals surface area contributed by atoms with Crippen LogP contribution in [0.3, 0.4) is 0 Å². The van der Waals surface area contributed by atoms with Gasteiger partial charge in [-0.3, -0.25) is 9.78 Å². The second-order valence-corrected chi connectivity index (χ2v) is 7.36. The van der Waals surface area contributed by atoms with Gasteiger partial charge in [0.05, 0.1) is 5.75 Å². The van der Waals surface area contributed by atoms with Gasteiger partial charge in [0.15, 0.2) is 4.34 Å². The van der Waals surface area contributed by atoms with E-state index in [1.54, 1.807) is 0 Å². The van der Waals surface area contributed by atoms with Crippen molar-refractivity contribution >= 4 is 34.1 Å². The number of hydrogen-bond donors (Lipinski definition) is 1. The topological polar surface area (TPSA) is 85.0 Å². The zero-order valence-corrected chi connectivity index (χ0v) is 13.6. The van der Waals surface area contributed by atoms with Gasteiger partial charge in [0, 0.05) is 25.5 Å². The number of amides is 1. The van der Waals surface area contributed by atoms with Gasteiger partial charge in [-0.25, -0.2) is 0 Å². The summed E-state index contributed by atoms with van der Waals surface area (Å²) in [7, 11) is 0. The SMILES string of the molecule is Nc1nnc(SCC(=O)N2CCC(c3ccncc3)CC2)s1. The van der Waals surface area contributed by atoms with E-state index in [0.717, 1.165) is 30.3 Å². The first-order valence-corrected chi connectivity index (χ1v) is 8.92. The van der Waals surface area contributed by atoms with E-state index in [-0.39, 0.29) is 5.91 Å². The molecule has 2 aromatic heterocycles. The van der Waals surface area contributed by atoms with E-state index in [4.69, 9.17) is 5.73 Å². The summed E-state index contributed by atoms with van der Waals surface area (Å²) in [6.45, 7) is 1.62. The van der Waals surface area contributed by atoms with Gasteiger partial charge in [0.25, 0.3) is 0 Å². The number of piperidine rings is 1. The molecule has 22 heavy (non-hydrogen) atoms. The first-order valence-electron chi connectivity index (χ1n) is 7.12. The third-order valence-electron chi connectivity index (χ3n) is 3.77. The number of likely N-dealkylation sites (tertiary alicyclic amines) is 1. The summed E-state index contributed by atoms with van der Waals surface area (Å²) >= 11 is 2.72. The Bertz CT molecular complexity index is 625. The van der Waals surface area contributed by atoms with Gasteiger partial charge in [-0.15, -0.1) is 10.2 Å². The van der Waals surface area contributed by atoms with Gasteiger partial charge in [-0.2, -0.15) is 0 Å². The van der Waals surface area contributed by atoms with E-state index in [9.17, 15) is 4.79 Å². The predicted molar refractivity (Wildman–Crippen MR) is 87.8 cm³/mol. The molecular weight excluding hydrogens is 318 g/mol. The molecule has 1 fully saturated rings. The predicted octanol–water partition coefficient (Wildman–Crippen LogP) is 2.01. The number of nitrogens with zero attached hydrogens (tertiary/aromatic N) is 4. The zero-order chi connectivity index (χ0) is 15.4. The lowest BCUT2D eigenvalue weighted by Crippen LogP contribution is -2.38. The fourth-order valence-electron chi connectivity index (χ4n) is 2.59. The highest BCUT2D eigenvalue weighted by Crippen LogP contribution is 2.28. The third-order valence-corrected chi connectivity index (χ3v) is 5.64. The Balaban J connectivity index is 1.47. The van der Waals surface area contributed by atoms with E-state index in [1.165, 1.54) is 28.7 Å². The minimum atomic E-state index is 0.159. The summed E-state index contributed by atoms with van der Waals surface area (Å²) in [6.07, 6.45) is 5.67. The minimum absolute atomic E-state index is 0.159. The fraction of sp³-hybridized carbons (Fsp3) is 0.429. The molecule has 0 aliphatic carbocycles. The highest BCUT2D eigenvalue weighted by molar-refractivity contribution is 8.01. The maximum Gasteiger partial charge on any atom is 0.233 e. The fourth-order valence-corrected chi connectivity index (χ4v) is 4.13. The van der Waals surface area contributed by atoms with Crippen molar-refractivity contribution in [2.24, 2.45) is 0 Å². The number of nitrogen functional groups attached to an aromatic ring is 1. The van der Waals surface area contributed by atoms with Crippen LogP contribution in [0.1, 0.15) is 24.3 Å². The molecule has 6 nitrogen and oxygen atoms in total.